The summed E-state index contributed by atoms with van der Waals surface area (Å²) in [6.45, 7) is 6.45. The zero-order valence-corrected chi connectivity index (χ0v) is 20.5. The van der Waals surface area contributed by atoms with Gasteiger partial charge >= 0.3 is 6.18 Å². The second-order valence-corrected chi connectivity index (χ2v) is 9.94. The average molecular weight is 523 g/mol. The van der Waals surface area contributed by atoms with Gasteiger partial charge in [0.25, 0.3) is 5.91 Å². The molecule has 1 aliphatic carbocycles. The highest BCUT2D eigenvalue weighted by molar-refractivity contribution is 8.03. The van der Waals surface area contributed by atoms with E-state index >= 15 is 0 Å². The molecule has 1 saturated carbocycles. The van der Waals surface area contributed by atoms with Gasteiger partial charge in [-0.1, -0.05) is 6.58 Å². The Morgan fingerprint density at radius 2 is 2.11 bits per heavy atom. The molecule has 1 saturated heterocycles. The molecular formula is C22H25F3N8O2S. The fourth-order valence-electron chi connectivity index (χ4n) is 4.65. The molecule has 2 aromatic rings. The number of rotatable bonds is 6. The van der Waals surface area contributed by atoms with E-state index in [4.69, 9.17) is 9.72 Å². The summed E-state index contributed by atoms with van der Waals surface area (Å²) in [5.41, 5.74) is -0.593. The van der Waals surface area contributed by atoms with Crippen molar-refractivity contribution in [1.29, 1.82) is 0 Å². The molecule has 0 bridgehead atoms. The number of carbonyl (C=O) groups is 1. The quantitative estimate of drug-likeness (QED) is 0.548. The Morgan fingerprint density at radius 1 is 1.33 bits per heavy atom. The Morgan fingerprint density at radius 3 is 2.72 bits per heavy atom. The topological polar surface area (TPSA) is 108 Å². The molecule has 1 spiro atoms. The zero-order chi connectivity index (χ0) is 25.7. The van der Waals surface area contributed by atoms with Crippen LogP contribution in [0.5, 0.6) is 0 Å². The van der Waals surface area contributed by atoms with Gasteiger partial charge in [0.1, 0.15) is 17.0 Å². The number of alkyl halides is 3. The van der Waals surface area contributed by atoms with Crippen molar-refractivity contribution in [2.75, 3.05) is 40.1 Å². The van der Waals surface area contributed by atoms with E-state index in [0.717, 1.165) is 12.4 Å². The van der Waals surface area contributed by atoms with Crippen molar-refractivity contribution >= 4 is 41.1 Å². The van der Waals surface area contributed by atoms with Crippen LogP contribution in [0.1, 0.15) is 30.7 Å². The summed E-state index contributed by atoms with van der Waals surface area (Å²) in [5.74, 6) is 1.29. The lowest BCUT2D eigenvalue weighted by molar-refractivity contribution is -0.141. The van der Waals surface area contributed by atoms with Gasteiger partial charge in [-0.05, 0) is 37.1 Å². The molecular weight excluding hydrogens is 497 g/mol. The number of aromatic nitrogens is 4. The van der Waals surface area contributed by atoms with Crippen molar-refractivity contribution in [3.63, 3.8) is 0 Å². The van der Waals surface area contributed by atoms with Crippen molar-refractivity contribution in [3.8, 4) is 0 Å². The summed E-state index contributed by atoms with van der Waals surface area (Å²) in [7, 11) is 1.85. The number of likely N-dealkylation sites (N-methyl/N-ethyl adjacent to an activating group) is 1. The highest BCUT2D eigenvalue weighted by Gasteiger charge is 2.51. The lowest BCUT2D eigenvalue weighted by atomic mass is 9.87. The molecule has 5 rings (SSSR count). The predicted octanol–water partition coefficient (Wildman–Crippen LogP) is 3.38. The minimum absolute atomic E-state index is 0.00791. The Balaban J connectivity index is 1.32. The molecule has 3 aliphatic rings. The number of nitrogens with zero attached hydrogens (tertiary/aromatic N) is 6. The van der Waals surface area contributed by atoms with E-state index in [1.807, 2.05) is 23.2 Å². The first-order chi connectivity index (χ1) is 17.1. The van der Waals surface area contributed by atoms with Crippen molar-refractivity contribution in [3.05, 3.63) is 35.8 Å². The monoisotopic (exact) mass is 522 g/mol. The summed E-state index contributed by atoms with van der Waals surface area (Å²) in [6.07, 6.45) is -0.764. The van der Waals surface area contributed by atoms with Crippen molar-refractivity contribution < 1.29 is 22.7 Å². The average Bonchev–Trinajstić information content (AvgIpc) is 3.30. The summed E-state index contributed by atoms with van der Waals surface area (Å²) in [5, 5.41) is 7.79. The summed E-state index contributed by atoms with van der Waals surface area (Å²) >= 11 is 1.37. The number of amides is 1. The molecule has 0 aromatic carbocycles. The van der Waals surface area contributed by atoms with Gasteiger partial charge in [0, 0.05) is 32.2 Å². The van der Waals surface area contributed by atoms with Crippen LogP contribution >= 0.6 is 11.9 Å². The second-order valence-electron chi connectivity index (χ2n) is 9.00. The van der Waals surface area contributed by atoms with Crippen LogP contribution in [0.25, 0.3) is 0 Å². The van der Waals surface area contributed by atoms with Gasteiger partial charge in [0.05, 0.1) is 24.7 Å². The summed E-state index contributed by atoms with van der Waals surface area (Å²) in [4.78, 5) is 31.5. The van der Waals surface area contributed by atoms with Gasteiger partial charge < -0.3 is 20.3 Å². The lowest BCUT2D eigenvalue weighted by Gasteiger charge is -2.44. The maximum Gasteiger partial charge on any atom is 0.434 e. The number of hydrogen-bond donors (Lipinski definition) is 2. The summed E-state index contributed by atoms with van der Waals surface area (Å²) < 4.78 is 45.7. The second kappa shape index (κ2) is 9.07. The van der Waals surface area contributed by atoms with E-state index in [0.29, 0.717) is 55.6 Å². The molecule has 2 N–H and O–H groups in total. The van der Waals surface area contributed by atoms with Gasteiger partial charge in [0.15, 0.2) is 11.5 Å². The molecule has 2 fully saturated rings. The molecule has 0 radical (unpaired) electrons. The van der Waals surface area contributed by atoms with Crippen LogP contribution in [0.3, 0.4) is 0 Å². The minimum Gasteiger partial charge on any atom is -0.378 e. The number of carbonyl (C=O) groups excluding carboxylic acids is 1. The van der Waals surface area contributed by atoms with Crippen LogP contribution in [0.4, 0.5) is 36.4 Å². The fraction of sp³-hybridized carbons (Fsp3) is 0.500. The van der Waals surface area contributed by atoms with Crippen LogP contribution < -0.4 is 19.8 Å². The van der Waals surface area contributed by atoms with E-state index in [1.165, 1.54) is 11.9 Å². The van der Waals surface area contributed by atoms with E-state index in [-0.39, 0.29) is 23.8 Å². The third kappa shape index (κ3) is 4.21. The van der Waals surface area contributed by atoms with E-state index in [9.17, 15) is 18.0 Å². The molecule has 1 amide bonds. The number of anilines is 4. The summed E-state index contributed by atoms with van der Waals surface area (Å²) in [6, 6.07) is 0.0613. The molecule has 1 atom stereocenters. The molecule has 14 heteroatoms. The number of ether oxygens (including phenoxy) is 1. The zero-order valence-electron chi connectivity index (χ0n) is 19.7. The first-order valence-electron chi connectivity index (χ1n) is 11.4. The van der Waals surface area contributed by atoms with Gasteiger partial charge in [-0.3, -0.25) is 9.10 Å². The van der Waals surface area contributed by atoms with Crippen molar-refractivity contribution in [2.45, 2.75) is 50.0 Å². The van der Waals surface area contributed by atoms with Crippen LogP contribution in [-0.2, 0) is 15.7 Å². The maximum atomic E-state index is 12.9. The highest BCUT2D eigenvalue weighted by Crippen LogP contribution is 2.42. The highest BCUT2D eigenvalue weighted by atomic mass is 32.2. The van der Waals surface area contributed by atoms with Crippen LogP contribution in [-0.4, -0.2) is 63.7 Å². The first-order valence-corrected chi connectivity index (χ1v) is 12.2. The maximum absolute atomic E-state index is 12.9. The Labute approximate surface area is 209 Å². The van der Waals surface area contributed by atoms with Gasteiger partial charge in [-0.15, -0.1) is 0 Å². The van der Waals surface area contributed by atoms with Crippen LogP contribution in [0.15, 0.2) is 24.4 Å². The Hall–Kier alpha value is -3.13. The molecule has 10 nitrogen and oxygen atoms in total. The SMILES string of the molecule is C=CSN(c1nc(C)c2c(n1)N(C)[C@]1(CCOC1)C(=O)N2)C1CC(Nc2cnc(C(F)(F)F)cn2)C1. The third-order valence-electron chi connectivity index (χ3n) is 6.81. The first kappa shape index (κ1) is 24.6. The smallest absolute Gasteiger partial charge is 0.378 e. The number of halogens is 3. The standard InChI is InChI=1S/C22H25F3N8O2S/c1-4-36-33(14-7-13(8-14)29-16-10-26-15(9-27-16)22(23,24)25)20-28-12(2)17-18(31-20)32(3)21(19(34)30-17)5-6-35-11-21/h4,9-10,13-14H,1,5-8,11H2,2-3H3,(H,27,29)(H,30,34)/t13?,14?,21-/m0/s1. The van der Waals surface area contributed by atoms with Crippen molar-refractivity contribution in [1.82, 2.24) is 19.9 Å². The molecule has 2 aliphatic heterocycles. The number of nitrogens with one attached hydrogen (secondary N) is 2. The van der Waals surface area contributed by atoms with Crippen LogP contribution in [0, 0.1) is 6.92 Å². The van der Waals surface area contributed by atoms with E-state index in [1.54, 1.807) is 5.41 Å². The molecule has 4 heterocycles. The number of fused-ring (bicyclic) bond motifs is 1. The minimum atomic E-state index is -4.52. The molecule has 36 heavy (non-hydrogen) atoms. The Kier molecular flexibility index (Phi) is 6.19. The van der Waals surface area contributed by atoms with Gasteiger partial charge in [-0.25, -0.2) is 15.0 Å². The third-order valence-corrected chi connectivity index (χ3v) is 7.64. The van der Waals surface area contributed by atoms with E-state index in [2.05, 4.69) is 32.2 Å². The predicted molar refractivity (Wildman–Crippen MR) is 130 cm³/mol. The van der Waals surface area contributed by atoms with E-state index < -0.39 is 17.4 Å². The number of hydrogen-bond acceptors (Lipinski definition) is 10. The number of aryl methyl sites for hydroxylation is 1. The normalized spacial score (nSPS) is 25.2. The molecule has 2 aromatic heterocycles. The molecule has 192 valence electrons. The van der Waals surface area contributed by atoms with Crippen LogP contribution in [0.2, 0.25) is 0 Å². The van der Waals surface area contributed by atoms with Gasteiger partial charge in [-0.2, -0.15) is 18.2 Å². The van der Waals surface area contributed by atoms with Gasteiger partial charge in [0.2, 0.25) is 5.95 Å². The fourth-order valence-corrected chi connectivity index (χ4v) is 5.33. The largest absolute Gasteiger partial charge is 0.434 e. The van der Waals surface area contributed by atoms with Crippen molar-refractivity contribution in [2.24, 2.45) is 0 Å². The lowest BCUT2D eigenvalue weighted by Crippen LogP contribution is -2.59. The Bertz CT molecular complexity index is 1170. The molecule has 0 unspecified atom stereocenters.